The molecular formula is C26H32N2O4. The summed E-state index contributed by atoms with van der Waals surface area (Å²) in [5, 5.41) is 3.21. The number of hydrogen-bond donors (Lipinski definition) is 1. The fourth-order valence-electron chi connectivity index (χ4n) is 3.59. The molecule has 2 aromatic rings. The van der Waals surface area contributed by atoms with Crippen molar-refractivity contribution in [3.05, 3.63) is 64.9 Å². The van der Waals surface area contributed by atoms with E-state index in [1.54, 1.807) is 0 Å². The van der Waals surface area contributed by atoms with Gasteiger partial charge in [-0.3, -0.25) is 14.5 Å². The first-order valence-electron chi connectivity index (χ1n) is 11.1. The maximum absolute atomic E-state index is 13.4. The van der Waals surface area contributed by atoms with Gasteiger partial charge >= 0.3 is 0 Å². The molecule has 2 aromatic carbocycles. The van der Waals surface area contributed by atoms with Crippen molar-refractivity contribution in [3.8, 4) is 5.75 Å². The molecule has 170 valence electrons. The molecule has 0 spiro atoms. The molecule has 2 amide bonds. The number of nitrogens with one attached hydrogen (secondary N) is 1. The summed E-state index contributed by atoms with van der Waals surface area (Å²) >= 11 is 0. The number of hydrogen-bond acceptors (Lipinski definition) is 5. The highest BCUT2D eigenvalue weighted by Gasteiger charge is 2.39. The van der Waals surface area contributed by atoms with Gasteiger partial charge in [0.1, 0.15) is 11.4 Å². The molecule has 6 heteroatoms. The summed E-state index contributed by atoms with van der Waals surface area (Å²) in [4.78, 5) is 28.0. The molecule has 0 bridgehead atoms. The molecule has 1 aliphatic heterocycles. The Hall–Kier alpha value is -3.12. The summed E-state index contributed by atoms with van der Waals surface area (Å²) < 4.78 is 11.3. The van der Waals surface area contributed by atoms with Gasteiger partial charge in [0.05, 0.1) is 24.0 Å². The smallest absolute Gasteiger partial charge is 0.278 e. The van der Waals surface area contributed by atoms with Crippen LogP contribution in [0.1, 0.15) is 43.9 Å². The van der Waals surface area contributed by atoms with Crippen LogP contribution in [0.5, 0.6) is 5.75 Å². The highest BCUT2D eigenvalue weighted by Crippen LogP contribution is 2.34. The molecule has 0 saturated carbocycles. The lowest BCUT2D eigenvalue weighted by atomic mass is 9.99. The van der Waals surface area contributed by atoms with E-state index in [-0.39, 0.29) is 23.6 Å². The van der Waals surface area contributed by atoms with Gasteiger partial charge in [-0.1, -0.05) is 30.3 Å². The molecule has 32 heavy (non-hydrogen) atoms. The van der Waals surface area contributed by atoms with Gasteiger partial charge in [0.15, 0.2) is 0 Å². The van der Waals surface area contributed by atoms with E-state index in [0.717, 1.165) is 16.7 Å². The monoisotopic (exact) mass is 436 g/mol. The minimum absolute atomic E-state index is 0.108. The Bertz CT molecular complexity index is 1030. The normalized spacial score (nSPS) is 14.0. The molecule has 0 aromatic heterocycles. The molecule has 1 aliphatic rings. The first-order chi connectivity index (χ1) is 15.3. The Morgan fingerprint density at radius 1 is 1.00 bits per heavy atom. The molecule has 0 unspecified atom stereocenters. The average Bonchev–Trinajstić information content (AvgIpc) is 2.98. The van der Waals surface area contributed by atoms with Crippen molar-refractivity contribution in [1.82, 2.24) is 4.90 Å². The van der Waals surface area contributed by atoms with Gasteiger partial charge < -0.3 is 14.8 Å². The van der Waals surface area contributed by atoms with Crippen molar-refractivity contribution >= 4 is 23.1 Å². The van der Waals surface area contributed by atoms with E-state index in [0.29, 0.717) is 43.2 Å². The van der Waals surface area contributed by atoms with E-state index in [4.69, 9.17) is 9.47 Å². The maximum Gasteiger partial charge on any atom is 0.278 e. The molecule has 1 N–H and O–H groups in total. The second kappa shape index (κ2) is 10.5. The Morgan fingerprint density at radius 2 is 1.75 bits per heavy atom. The number of ether oxygens (including phenoxy) is 2. The molecular weight excluding hydrogens is 404 g/mol. The zero-order valence-corrected chi connectivity index (χ0v) is 19.5. The van der Waals surface area contributed by atoms with Crippen LogP contribution in [0.2, 0.25) is 0 Å². The van der Waals surface area contributed by atoms with Gasteiger partial charge in [0.2, 0.25) is 0 Å². The molecule has 0 fully saturated rings. The van der Waals surface area contributed by atoms with Crippen LogP contribution in [0.15, 0.2) is 48.2 Å². The Labute approximate surface area is 190 Å². The zero-order chi connectivity index (χ0) is 23.3. The van der Waals surface area contributed by atoms with E-state index < -0.39 is 0 Å². The largest absolute Gasteiger partial charge is 0.492 e. The first kappa shape index (κ1) is 23.5. The number of imide groups is 1. The van der Waals surface area contributed by atoms with E-state index in [9.17, 15) is 9.59 Å². The highest BCUT2D eigenvalue weighted by atomic mass is 16.5. The summed E-state index contributed by atoms with van der Waals surface area (Å²) in [6.07, 6.45) is 0.690. The van der Waals surface area contributed by atoms with Crippen LogP contribution in [0.3, 0.4) is 0 Å². The molecule has 1 heterocycles. The van der Waals surface area contributed by atoms with Crippen LogP contribution < -0.4 is 10.1 Å². The van der Waals surface area contributed by atoms with Gasteiger partial charge in [-0.25, -0.2) is 0 Å². The second-order valence-electron chi connectivity index (χ2n) is 8.14. The van der Waals surface area contributed by atoms with Crippen molar-refractivity contribution in [2.75, 3.05) is 25.1 Å². The van der Waals surface area contributed by atoms with Crippen LogP contribution in [-0.4, -0.2) is 42.6 Å². The molecule has 0 aliphatic carbocycles. The summed E-state index contributed by atoms with van der Waals surface area (Å²) in [7, 11) is 0. The average molecular weight is 437 g/mol. The van der Waals surface area contributed by atoms with E-state index in [2.05, 4.69) is 5.32 Å². The quantitative estimate of drug-likeness (QED) is 0.432. The standard InChI is InChI=1S/C26H32N2O4/c1-6-31-22-11-8-7-10-21(22)27-24-23(20-13-12-18(4)19(5)16-20)25(29)28(26(24)30)14-9-15-32-17(2)3/h7-8,10-13,16-17,27H,6,9,14-15H2,1-5H3. The molecule has 0 atom stereocenters. The first-order valence-corrected chi connectivity index (χ1v) is 11.1. The number of anilines is 1. The summed E-state index contributed by atoms with van der Waals surface area (Å²) in [5.41, 5.74) is 4.23. The van der Waals surface area contributed by atoms with Crippen LogP contribution in [0.25, 0.3) is 5.57 Å². The van der Waals surface area contributed by atoms with Crippen LogP contribution in [0, 0.1) is 13.8 Å². The maximum atomic E-state index is 13.4. The SMILES string of the molecule is CCOc1ccccc1NC1=C(c2ccc(C)c(C)c2)C(=O)N(CCCOC(C)C)C1=O. The molecule has 3 rings (SSSR count). The van der Waals surface area contributed by atoms with Crippen LogP contribution in [0.4, 0.5) is 5.69 Å². The highest BCUT2D eigenvalue weighted by molar-refractivity contribution is 6.36. The van der Waals surface area contributed by atoms with Gasteiger partial charge in [0, 0.05) is 13.2 Å². The van der Waals surface area contributed by atoms with Crippen molar-refractivity contribution in [2.45, 2.75) is 47.1 Å². The molecule has 0 saturated heterocycles. The minimum Gasteiger partial charge on any atom is -0.492 e. The topological polar surface area (TPSA) is 67.9 Å². The third-order valence-corrected chi connectivity index (χ3v) is 5.39. The number of aryl methyl sites for hydroxylation is 2. The van der Waals surface area contributed by atoms with Gasteiger partial charge in [0.25, 0.3) is 11.8 Å². The lowest BCUT2D eigenvalue weighted by Crippen LogP contribution is -2.34. The lowest BCUT2D eigenvalue weighted by molar-refractivity contribution is -0.137. The molecule has 6 nitrogen and oxygen atoms in total. The summed E-state index contributed by atoms with van der Waals surface area (Å²) in [5.74, 6) is 0.00392. The Balaban J connectivity index is 1.97. The van der Waals surface area contributed by atoms with E-state index >= 15 is 0 Å². The Kier molecular flexibility index (Phi) is 7.70. The van der Waals surface area contributed by atoms with Gasteiger partial charge in [-0.15, -0.1) is 0 Å². The number of carbonyl (C=O) groups excluding carboxylic acids is 2. The zero-order valence-electron chi connectivity index (χ0n) is 19.5. The number of para-hydroxylation sites is 2. The second-order valence-corrected chi connectivity index (χ2v) is 8.14. The summed E-state index contributed by atoms with van der Waals surface area (Å²) in [6, 6.07) is 13.2. The van der Waals surface area contributed by atoms with Crippen molar-refractivity contribution in [3.63, 3.8) is 0 Å². The van der Waals surface area contributed by atoms with Crippen molar-refractivity contribution < 1.29 is 19.1 Å². The third kappa shape index (κ3) is 5.19. The fraction of sp³-hybridized carbons (Fsp3) is 0.385. The van der Waals surface area contributed by atoms with E-state index in [1.165, 1.54) is 4.90 Å². The summed E-state index contributed by atoms with van der Waals surface area (Å²) in [6.45, 7) is 11.1. The lowest BCUT2D eigenvalue weighted by Gasteiger charge is -2.16. The third-order valence-electron chi connectivity index (χ3n) is 5.39. The van der Waals surface area contributed by atoms with Crippen LogP contribution in [-0.2, 0) is 14.3 Å². The van der Waals surface area contributed by atoms with Gasteiger partial charge in [-0.05, 0) is 69.9 Å². The number of benzene rings is 2. The number of carbonyl (C=O) groups is 2. The number of amides is 2. The van der Waals surface area contributed by atoms with Crippen molar-refractivity contribution in [1.29, 1.82) is 0 Å². The minimum atomic E-state index is -0.334. The number of rotatable bonds is 10. The van der Waals surface area contributed by atoms with E-state index in [1.807, 2.05) is 77.1 Å². The number of nitrogens with zero attached hydrogens (tertiary/aromatic N) is 1. The fourth-order valence-corrected chi connectivity index (χ4v) is 3.59. The van der Waals surface area contributed by atoms with Crippen molar-refractivity contribution in [2.24, 2.45) is 0 Å². The predicted molar refractivity (Wildman–Crippen MR) is 126 cm³/mol. The Morgan fingerprint density at radius 3 is 2.44 bits per heavy atom. The molecule has 0 radical (unpaired) electrons. The van der Waals surface area contributed by atoms with Crippen LogP contribution >= 0.6 is 0 Å². The predicted octanol–water partition coefficient (Wildman–Crippen LogP) is 4.71. The van der Waals surface area contributed by atoms with Gasteiger partial charge in [-0.2, -0.15) is 0 Å².